The Morgan fingerprint density at radius 3 is 2.76 bits per heavy atom. The van der Waals surface area contributed by atoms with Crippen LogP contribution in [0.5, 0.6) is 0 Å². The Morgan fingerprint density at radius 2 is 2.18 bits per heavy atom. The minimum Gasteiger partial charge on any atom is -0.310 e. The van der Waals surface area contributed by atoms with Crippen LogP contribution in [0.25, 0.3) is 0 Å². The lowest BCUT2D eigenvalue weighted by Crippen LogP contribution is -2.28. The van der Waals surface area contributed by atoms with Crippen molar-refractivity contribution in [1.29, 1.82) is 5.26 Å². The maximum Gasteiger partial charge on any atom is 0.127 e. The molecule has 0 saturated heterocycles. The standard InChI is InChI=1S/C14H19FN2/c1-3-5-13(4-2)17-10-12-8-11(9-16)6-7-14(12)15/h6-8,13,17H,3-5,10H2,1-2H3. The number of hydrogen-bond acceptors (Lipinski definition) is 2. The number of nitriles is 1. The molecule has 1 atom stereocenters. The fraction of sp³-hybridized carbons (Fsp3) is 0.500. The number of nitrogens with zero attached hydrogens (tertiary/aromatic N) is 1. The minimum absolute atomic E-state index is 0.247. The molecule has 0 heterocycles. The molecule has 1 rings (SSSR count). The van der Waals surface area contributed by atoms with Gasteiger partial charge in [0.1, 0.15) is 5.82 Å². The summed E-state index contributed by atoms with van der Waals surface area (Å²) < 4.78 is 13.5. The second-order valence-corrected chi connectivity index (χ2v) is 4.19. The van der Waals surface area contributed by atoms with Gasteiger partial charge in [0.15, 0.2) is 0 Å². The summed E-state index contributed by atoms with van der Waals surface area (Å²) >= 11 is 0. The van der Waals surface area contributed by atoms with Crippen LogP contribution in [0.4, 0.5) is 4.39 Å². The van der Waals surface area contributed by atoms with Gasteiger partial charge in [0, 0.05) is 18.2 Å². The van der Waals surface area contributed by atoms with Gasteiger partial charge in [-0.2, -0.15) is 5.26 Å². The molecule has 2 nitrogen and oxygen atoms in total. The van der Waals surface area contributed by atoms with E-state index in [1.165, 1.54) is 12.1 Å². The van der Waals surface area contributed by atoms with E-state index in [0.29, 0.717) is 23.7 Å². The van der Waals surface area contributed by atoms with E-state index in [-0.39, 0.29) is 5.82 Å². The Balaban J connectivity index is 2.65. The van der Waals surface area contributed by atoms with Crippen molar-refractivity contribution in [3.05, 3.63) is 35.1 Å². The van der Waals surface area contributed by atoms with Gasteiger partial charge in [0.25, 0.3) is 0 Å². The average molecular weight is 234 g/mol. The Labute approximate surface area is 102 Å². The fourth-order valence-electron chi connectivity index (χ4n) is 1.83. The van der Waals surface area contributed by atoms with E-state index >= 15 is 0 Å². The summed E-state index contributed by atoms with van der Waals surface area (Å²) in [5.74, 6) is -0.247. The molecule has 0 bridgehead atoms. The molecule has 0 aliphatic carbocycles. The maximum atomic E-state index is 13.5. The smallest absolute Gasteiger partial charge is 0.127 e. The van der Waals surface area contributed by atoms with E-state index in [1.807, 2.05) is 6.07 Å². The summed E-state index contributed by atoms with van der Waals surface area (Å²) in [4.78, 5) is 0. The highest BCUT2D eigenvalue weighted by Gasteiger charge is 2.07. The minimum atomic E-state index is -0.247. The zero-order valence-electron chi connectivity index (χ0n) is 10.5. The van der Waals surface area contributed by atoms with Crippen LogP contribution in [0.15, 0.2) is 18.2 Å². The molecule has 1 aromatic rings. The fourth-order valence-corrected chi connectivity index (χ4v) is 1.83. The van der Waals surface area contributed by atoms with Gasteiger partial charge in [-0.15, -0.1) is 0 Å². The third-order valence-corrected chi connectivity index (χ3v) is 2.89. The monoisotopic (exact) mass is 234 g/mol. The largest absolute Gasteiger partial charge is 0.310 e. The molecule has 0 saturated carbocycles. The molecular formula is C14H19FN2. The van der Waals surface area contributed by atoms with Gasteiger partial charge in [0.2, 0.25) is 0 Å². The van der Waals surface area contributed by atoms with Crippen molar-refractivity contribution in [2.75, 3.05) is 0 Å². The third-order valence-electron chi connectivity index (χ3n) is 2.89. The lowest BCUT2D eigenvalue weighted by atomic mass is 10.1. The number of rotatable bonds is 6. The van der Waals surface area contributed by atoms with Crippen LogP contribution in [0.2, 0.25) is 0 Å². The summed E-state index contributed by atoms with van der Waals surface area (Å²) in [6.45, 7) is 4.75. The second kappa shape index (κ2) is 7.03. The summed E-state index contributed by atoms with van der Waals surface area (Å²) in [6.07, 6.45) is 3.25. The lowest BCUT2D eigenvalue weighted by molar-refractivity contribution is 0.455. The Kier molecular flexibility index (Phi) is 5.65. The van der Waals surface area contributed by atoms with Crippen LogP contribution >= 0.6 is 0 Å². The van der Waals surface area contributed by atoms with Gasteiger partial charge >= 0.3 is 0 Å². The summed E-state index contributed by atoms with van der Waals surface area (Å²) in [6, 6.07) is 6.92. The van der Waals surface area contributed by atoms with Crippen LogP contribution in [0.1, 0.15) is 44.2 Å². The first-order valence-electron chi connectivity index (χ1n) is 6.13. The number of hydrogen-bond donors (Lipinski definition) is 1. The zero-order valence-corrected chi connectivity index (χ0v) is 10.5. The molecular weight excluding hydrogens is 215 g/mol. The molecule has 0 fully saturated rings. The van der Waals surface area contributed by atoms with Gasteiger partial charge in [-0.1, -0.05) is 20.3 Å². The summed E-state index contributed by atoms with van der Waals surface area (Å²) in [7, 11) is 0. The zero-order chi connectivity index (χ0) is 12.7. The predicted octanol–water partition coefficient (Wildman–Crippen LogP) is 3.37. The van der Waals surface area contributed by atoms with Crippen LogP contribution in [0.3, 0.4) is 0 Å². The van der Waals surface area contributed by atoms with Crippen LogP contribution < -0.4 is 5.32 Å². The highest BCUT2D eigenvalue weighted by Crippen LogP contribution is 2.11. The Bertz CT molecular complexity index is 396. The number of nitrogens with one attached hydrogen (secondary N) is 1. The van der Waals surface area contributed by atoms with Crippen molar-refractivity contribution in [2.45, 2.75) is 45.7 Å². The highest BCUT2D eigenvalue weighted by atomic mass is 19.1. The van der Waals surface area contributed by atoms with E-state index in [1.54, 1.807) is 6.07 Å². The van der Waals surface area contributed by atoms with Crippen molar-refractivity contribution in [1.82, 2.24) is 5.32 Å². The van der Waals surface area contributed by atoms with Crippen molar-refractivity contribution >= 4 is 0 Å². The summed E-state index contributed by atoms with van der Waals surface area (Å²) in [5.41, 5.74) is 1.07. The number of benzene rings is 1. The molecule has 17 heavy (non-hydrogen) atoms. The Morgan fingerprint density at radius 1 is 1.41 bits per heavy atom. The van der Waals surface area contributed by atoms with Gasteiger partial charge in [-0.05, 0) is 31.0 Å². The van der Waals surface area contributed by atoms with Crippen molar-refractivity contribution in [3.8, 4) is 6.07 Å². The van der Waals surface area contributed by atoms with E-state index < -0.39 is 0 Å². The molecule has 92 valence electrons. The van der Waals surface area contributed by atoms with E-state index in [4.69, 9.17) is 5.26 Å². The molecule has 3 heteroatoms. The maximum absolute atomic E-state index is 13.5. The van der Waals surface area contributed by atoms with Crippen LogP contribution in [0, 0.1) is 17.1 Å². The first-order chi connectivity index (χ1) is 8.21. The van der Waals surface area contributed by atoms with Gasteiger partial charge in [0.05, 0.1) is 11.6 Å². The molecule has 0 spiro atoms. The first-order valence-corrected chi connectivity index (χ1v) is 6.13. The van der Waals surface area contributed by atoms with Crippen molar-refractivity contribution in [3.63, 3.8) is 0 Å². The van der Waals surface area contributed by atoms with E-state index in [0.717, 1.165) is 19.3 Å². The van der Waals surface area contributed by atoms with Gasteiger partial charge in [-0.25, -0.2) is 4.39 Å². The Hall–Kier alpha value is -1.40. The lowest BCUT2D eigenvalue weighted by Gasteiger charge is -2.16. The molecule has 1 N–H and O–H groups in total. The SMILES string of the molecule is CCCC(CC)NCc1cc(C#N)ccc1F. The molecule has 0 radical (unpaired) electrons. The first kappa shape index (κ1) is 13.7. The molecule has 0 aromatic heterocycles. The quantitative estimate of drug-likeness (QED) is 0.819. The van der Waals surface area contributed by atoms with E-state index in [2.05, 4.69) is 19.2 Å². The van der Waals surface area contributed by atoms with Crippen molar-refractivity contribution < 1.29 is 4.39 Å². The molecule has 1 aromatic carbocycles. The van der Waals surface area contributed by atoms with Crippen LogP contribution in [-0.2, 0) is 6.54 Å². The topological polar surface area (TPSA) is 35.8 Å². The molecule has 0 aliphatic heterocycles. The summed E-state index contributed by atoms with van der Waals surface area (Å²) in [5, 5.41) is 12.1. The molecule has 0 amide bonds. The third kappa shape index (κ3) is 4.16. The molecule has 0 aliphatic rings. The van der Waals surface area contributed by atoms with Gasteiger partial charge in [-0.3, -0.25) is 0 Å². The number of halogens is 1. The van der Waals surface area contributed by atoms with Crippen LogP contribution in [-0.4, -0.2) is 6.04 Å². The average Bonchev–Trinajstić information content (AvgIpc) is 2.36. The van der Waals surface area contributed by atoms with Gasteiger partial charge < -0.3 is 5.32 Å². The molecule has 1 unspecified atom stereocenters. The second-order valence-electron chi connectivity index (χ2n) is 4.19. The van der Waals surface area contributed by atoms with Crippen molar-refractivity contribution in [2.24, 2.45) is 0 Å². The predicted molar refractivity (Wildman–Crippen MR) is 66.9 cm³/mol. The normalized spacial score (nSPS) is 12.1. The van der Waals surface area contributed by atoms with E-state index in [9.17, 15) is 4.39 Å². The highest BCUT2D eigenvalue weighted by molar-refractivity contribution is 5.33.